The Morgan fingerprint density at radius 3 is 2.62 bits per heavy atom. The highest BCUT2D eigenvalue weighted by Gasteiger charge is 2.04. The first-order chi connectivity index (χ1) is 6.20. The molecule has 4 N–H and O–H groups in total. The first-order valence-electron chi connectivity index (χ1n) is 4.97. The van der Waals surface area contributed by atoms with E-state index in [9.17, 15) is 4.79 Å². The molecule has 4 heteroatoms. The zero-order valence-corrected chi connectivity index (χ0v) is 8.60. The highest BCUT2D eigenvalue weighted by atomic mass is 16.2. The average molecular weight is 187 g/mol. The summed E-state index contributed by atoms with van der Waals surface area (Å²) < 4.78 is 0. The molecule has 13 heavy (non-hydrogen) atoms. The number of amides is 2. The van der Waals surface area contributed by atoms with Crippen molar-refractivity contribution in [2.45, 2.75) is 52.0 Å². The van der Waals surface area contributed by atoms with Crippen LogP contribution in [0.4, 0.5) is 4.79 Å². The van der Waals surface area contributed by atoms with Crippen LogP contribution in [0.25, 0.3) is 0 Å². The minimum absolute atomic E-state index is 0.209. The Bertz CT molecular complexity index is 139. The molecule has 1 unspecified atom stereocenters. The summed E-state index contributed by atoms with van der Waals surface area (Å²) >= 11 is 0. The fraction of sp³-hybridized carbons (Fsp3) is 0.889. The second-order valence-corrected chi connectivity index (χ2v) is 3.37. The average Bonchev–Trinajstić information content (AvgIpc) is 2.12. The molecule has 0 aliphatic heterocycles. The quantitative estimate of drug-likeness (QED) is 0.255. The van der Waals surface area contributed by atoms with E-state index in [1.807, 2.05) is 12.3 Å². The van der Waals surface area contributed by atoms with E-state index in [-0.39, 0.29) is 12.1 Å². The Morgan fingerprint density at radius 2 is 2.08 bits per heavy atom. The van der Waals surface area contributed by atoms with Gasteiger partial charge in [-0.25, -0.2) is 10.6 Å². The Kier molecular flexibility index (Phi) is 7.39. The van der Waals surface area contributed by atoms with E-state index in [2.05, 4.69) is 12.2 Å². The van der Waals surface area contributed by atoms with Crippen molar-refractivity contribution in [2.24, 2.45) is 5.84 Å². The lowest BCUT2D eigenvalue weighted by molar-refractivity contribution is 0.237. The third-order valence-corrected chi connectivity index (χ3v) is 2.00. The SMILES string of the molecule is CCCCCCC(C)NC(=O)NN. The molecule has 0 bridgehead atoms. The zero-order valence-electron chi connectivity index (χ0n) is 8.60. The fourth-order valence-corrected chi connectivity index (χ4v) is 1.21. The van der Waals surface area contributed by atoms with Gasteiger partial charge in [-0.2, -0.15) is 0 Å². The minimum atomic E-state index is -0.303. The first kappa shape index (κ1) is 12.2. The van der Waals surface area contributed by atoms with Crippen LogP contribution in [0.15, 0.2) is 0 Å². The van der Waals surface area contributed by atoms with Crippen molar-refractivity contribution < 1.29 is 4.79 Å². The van der Waals surface area contributed by atoms with Gasteiger partial charge in [0.2, 0.25) is 0 Å². The molecule has 0 rings (SSSR count). The van der Waals surface area contributed by atoms with E-state index in [0.717, 1.165) is 6.42 Å². The summed E-state index contributed by atoms with van der Waals surface area (Å²) in [6.45, 7) is 4.17. The van der Waals surface area contributed by atoms with Crippen LogP contribution >= 0.6 is 0 Å². The summed E-state index contributed by atoms with van der Waals surface area (Å²) in [6.07, 6.45) is 5.95. The van der Waals surface area contributed by atoms with Crippen LogP contribution in [0.5, 0.6) is 0 Å². The van der Waals surface area contributed by atoms with Gasteiger partial charge in [0.15, 0.2) is 0 Å². The number of carbonyl (C=O) groups is 1. The van der Waals surface area contributed by atoms with Gasteiger partial charge in [0.1, 0.15) is 0 Å². The molecule has 0 aromatic rings. The van der Waals surface area contributed by atoms with Gasteiger partial charge in [0, 0.05) is 6.04 Å². The van der Waals surface area contributed by atoms with Crippen molar-refractivity contribution in [3.05, 3.63) is 0 Å². The van der Waals surface area contributed by atoms with Gasteiger partial charge >= 0.3 is 6.03 Å². The van der Waals surface area contributed by atoms with Crippen LogP contribution in [0, 0.1) is 0 Å². The Labute approximate surface area is 80.2 Å². The minimum Gasteiger partial charge on any atom is -0.335 e. The molecule has 0 spiro atoms. The Hall–Kier alpha value is -0.770. The number of hydrazine groups is 1. The standard InChI is InChI=1S/C9H21N3O/c1-3-4-5-6-7-8(2)11-9(13)12-10/h8H,3-7,10H2,1-2H3,(H2,11,12,13). The number of hydrogen-bond acceptors (Lipinski definition) is 2. The normalized spacial score (nSPS) is 12.2. The molecule has 78 valence electrons. The highest BCUT2D eigenvalue weighted by Crippen LogP contribution is 2.04. The van der Waals surface area contributed by atoms with E-state index in [1.54, 1.807) is 0 Å². The molecule has 4 nitrogen and oxygen atoms in total. The van der Waals surface area contributed by atoms with Crippen molar-refractivity contribution in [3.8, 4) is 0 Å². The third-order valence-electron chi connectivity index (χ3n) is 2.00. The van der Waals surface area contributed by atoms with E-state index in [1.165, 1.54) is 25.7 Å². The molecule has 0 aromatic carbocycles. The van der Waals surface area contributed by atoms with Gasteiger partial charge in [-0.1, -0.05) is 32.6 Å². The van der Waals surface area contributed by atoms with E-state index >= 15 is 0 Å². The molecule has 1 atom stereocenters. The third kappa shape index (κ3) is 7.59. The molecule has 0 aromatic heterocycles. The van der Waals surface area contributed by atoms with Crippen LogP contribution in [-0.2, 0) is 0 Å². The van der Waals surface area contributed by atoms with E-state index in [0.29, 0.717) is 0 Å². The molecule has 0 radical (unpaired) electrons. The Balaban J connectivity index is 3.29. The monoisotopic (exact) mass is 187 g/mol. The number of nitrogens with two attached hydrogens (primary N) is 1. The van der Waals surface area contributed by atoms with Crippen LogP contribution < -0.4 is 16.6 Å². The van der Waals surface area contributed by atoms with Gasteiger partial charge < -0.3 is 5.32 Å². The summed E-state index contributed by atoms with van der Waals surface area (Å²) in [5.74, 6) is 4.93. The largest absolute Gasteiger partial charge is 0.335 e. The maximum atomic E-state index is 10.8. The van der Waals surface area contributed by atoms with Crippen LogP contribution in [0.1, 0.15) is 46.0 Å². The Morgan fingerprint density at radius 1 is 1.38 bits per heavy atom. The van der Waals surface area contributed by atoms with Crippen LogP contribution in [-0.4, -0.2) is 12.1 Å². The molecular formula is C9H21N3O. The lowest BCUT2D eigenvalue weighted by Crippen LogP contribution is -2.43. The van der Waals surface area contributed by atoms with Crippen molar-refractivity contribution in [2.75, 3.05) is 0 Å². The second kappa shape index (κ2) is 7.86. The molecule has 2 amide bonds. The molecule has 0 fully saturated rings. The van der Waals surface area contributed by atoms with E-state index in [4.69, 9.17) is 5.84 Å². The topological polar surface area (TPSA) is 67.2 Å². The number of carbonyl (C=O) groups excluding carboxylic acids is 1. The lowest BCUT2D eigenvalue weighted by Gasteiger charge is -2.12. The maximum Gasteiger partial charge on any atom is 0.329 e. The van der Waals surface area contributed by atoms with Gasteiger partial charge in [-0.05, 0) is 13.3 Å². The highest BCUT2D eigenvalue weighted by molar-refractivity contribution is 5.73. The molecular weight excluding hydrogens is 166 g/mol. The number of unbranched alkanes of at least 4 members (excludes halogenated alkanes) is 3. The molecule has 0 saturated heterocycles. The first-order valence-corrected chi connectivity index (χ1v) is 4.97. The van der Waals surface area contributed by atoms with E-state index < -0.39 is 0 Å². The van der Waals surface area contributed by atoms with Crippen molar-refractivity contribution in [1.82, 2.24) is 10.7 Å². The second-order valence-electron chi connectivity index (χ2n) is 3.37. The maximum absolute atomic E-state index is 10.8. The van der Waals surface area contributed by atoms with Crippen molar-refractivity contribution in [3.63, 3.8) is 0 Å². The van der Waals surface area contributed by atoms with Crippen LogP contribution in [0.2, 0.25) is 0 Å². The van der Waals surface area contributed by atoms with Crippen molar-refractivity contribution >= 4 is 6.03 Å². The van der Waals surface area contributed by atoms with Gasteiger partial charge in [0.25, 0.3) is 0 Å². The molecule has 0 aliphatic carbocycles. The summed E-state index contributed by atoms with van der Waals surface area (Å²) in [5.41, 5.74) is 2.05. The summed E-state index contributed by atoms with van der Waals surface area (Å²) in [5, 5.41) is 2.73. The van der Waals surface area contributed by atoms with Crippen molar-refractivity contribution in [1.29, 1.82) is 0 Å². The summed E-state index contributed by atoms with van der Waals surface area (Å²) in [4.78, 5) is 10.8. The number of hydrogen-bond donors (Lipinski definition) is 3. The smallest absolute Gasteiger partial charge is 0.329 e. The predicted molar refractivity (Wildman–Crippen MR) is 54.1 cm³/mol. The lowest BCUT2D eigenvalue weighted by atomic mass is 10.1. The molecule has 0 heterocycles. The number of rotatable bonds is 6. The molecule has 0 saturated carbocycles. The van der Waals surface area contributed by atoms with Gasteiger partial charge in [-0.3, -0.25) is 5.43 Å². The molecule has 0 aliphatic rings. The van der Waals surface area contributed by atoms with Gasteiger partial charge in [0.05, 0.1) is 0 Å². The number of nitrogens with one attached hydrogen (secondary N) is 2. The summed E-state index contributed by atoms with van der Waals surface area (Å²) in [6, 6.07) is -0.0941. The van der Waals surface area contributed by atoms with Crippen LogP contribution in [0.3, 0.4) is 0 Å². The number of urea groups is 1. The predicted octanol–water partition coefficient (Wildman–Crippen LogP) is 1.52. The van der Waals surface area contributed by atoms with Gasteiger partial charge in [-0.15, -0.1) is 0 Å². The zero-order chi connectivity index (χ0) is 10.1. The fourth-order valence-electron chi connectivity index (χ4n) is 1.21. The summed E-state index contributed by atoms with van der Waals surface area (Å²) in [7, 11) is 0.